The van der Waals surface area contributed by atoms with Crippen molar-refractivity contribution in [2.75, 3.05) is 5.88 Å². The summed E-state index contributed by atoms with van der Waals surface area (Å²) < 4.78 is 5.94. The highest BCUT2D eigenvalue weighted by Crippen LogP contribution is 2.25. The van der Waals surface area contributed by atoms with Crippen molar-refractivity contribution in [1.29, 1.82) is 0 Å². The molecule has 2 rings (SSSR count). The van der Waals surface area contributed by atoms with Gasteiger partial charge >= 0.3 is 0 Å². The summed E-state index contributed by atoms with van der Waals surface area (Å²) >= 11 is 5.55. The highest BCUT2D eigenvalue weighted by atomic mass is 35.5. The predicted molar refractivity (Wildman–Crippen MR) is 71.7 cm³/mol. The van der Waals surface area contributed by atoms with Crippen molar-refractivity contribution in [1.82, 2.24) is 0 Å². The summed E-state index contributed by atoms with van der Waals surface area (Å²) in [5.41, 5.74) is 2.18. The molecule has 0 aromatic heterocycles. The third-order valence-electron chi connectivity index (χ3n) is 3.09. The van der Waals surface area contributed by atoms with Gasteiger partial charge in [0.05, 0.1) is 12.0 Å². The fourth-order valence-corrected chi connectivity index (χ4v) is 2.24. The zero-order valence-electron chi connectivity index (χ0n) is 10.1. The maximum Gasteiger partial charge on any atom is 0.120 e. The quantitative estimate of drug-likeness (QED) is 0.570. The van der Waals surface area contributed by atoms with Gasteiger partial charge in [-0.05, 0) is 56.4 Å². The van der Waals surface area contributed by atoms with Gasteiger partial charge in [0.15, 0.2) is 0 Å². The van der Waals surface area contributed by atoms with Crippen LogP contribution in [0.5, 0.6) is 5.75 Å². The van der Waals surface area contributed by atoms with Crippen molar-refractivity contribution in [3.05, 3.63) is 29.3 Å². The average molecular weight is 249 g/mol. The van der Waals surface area contributed by atoms with E-state index in [1.807, 2.05) is 12.1 Å². The van der Waals surface area contributed by atoms with Gasteiger partial charge in [0.1, 0.15) is 5.75 Å². The summed E-state index contributed by atoms with van der Waals surface area (Å²) in [6, 6.07) is 6.08. The lowest BCUT2D eigenvalue weighted by atomic mass is 10.1. The summed E-state index contributed by atoms with van der Waals surface area (Å²) in [5.74, 6) is 7.26. The van der Waals surface area contributed by atoms with Crippen LogP contribution in [-0.4, -0.2) is 12.0 Å². The number of halogens is 1. The van der Waals surface area contributed by atoms with Crippen molar-refractivity contribution < 1.29 is 4.74 Å². The number of rotatable bonds is 2. The Morgan fingerprint density at radius 2 is 2.12 bits per heavy atom. The van der Waals surface area contributed by atoms with E-state index in [0.717, 1.165) is 16.9 Å². The number of aryl methyl sites for hydroxylation is 1. The van der Waals surface area contributed by atoms with Crippen LogP contribution in [0.15, 0.2) is 18.2 Å². The first-order valence-corrected chi connectivity index (χ1v) is 6.65. The molecule has 1 fully saturated rings. The topological polar surface area (TPSA) is 9.23 Å². The second kappa shape index (κ2) is 5.98. The Kier molecular flexibility index (Phi) is 4.34. The average Bonchev–Trinajstić information content (AvgIpc) is 2.81. The van der Waals surface area contributed by atoms with Crippen LogP contribution < -0.4 is 4.74 Å². The number of hydrogen-bond acceptors (Lipinski definition) is 1. The minimum Gasteiger partial charge on any atom is -0.490 e. The second-order valence-corrected chi connectivity index (χ2v) is 4.70. The molecule has 0 heterocycles. The van der Waals surface area contributed by atoms with E-state index in [1.54, 1.807) is 0 Å². The van der Waals surface area contributed by atoms with E-state index >= 15 is 0 Å². The first kappa shape index (κ1) is 12.3. The molecule has 2 heteroatoms. The molecule has 0 amide bonds. The molecule has 1 aromatic rings. The van der Waals surface area contributed by atoms with Gasteiger partial charge in [-0.3, -0.25) is 0 Å². The van der Waals surface area contributed by atoms with Crippen LogP contribution in [0.3, 0.4) is 0 Å². The van der Waals surface area contributed by atoms with Crippen LogP contribution in [0.1, 0.15) is 36.8 Å². The molecule has 17 heavy (non-hydrogen) atoms. The second-order valence-electron chi connectivity index (χ2n) is 4.44. The largest absolute Gasteiger partial charge is 0.490 e. The van der Waals surface area contributed by atoms with Crippen LogP contribution in [-0.2, 0) is 0 Å². The molecule has 1 aliphatic rings. The zero-order chi connectivity index (χ0) is 12.1. The first-order chi connectivity index (χ1) is 8.29. The van der Waals surface area contributed by atoms with Crippen LogP contribution in [0.25, 0.3) is 0 Å². The fraction of sp³-hybridized carbons (Fsp3) is 0.467. The van der Waals surface area contributed by atoms with Crippen LogP contribution >= 0.6 is 11.6 Å². The fourth-order valence-electron chi connectivity index (χ4n) is 2.18. The summed E-state index contributed by atoms with van der Waals surface area (Å²) in [4.78, 5) is 0. The predicted octanol–water partition coefficient (Wildman–Crippen LogP) is 3.91. The molecule has 1 aromatic carbocycles. The smallest absolute Gasteiger partial charge is 0.120 e. The molecular weight excluding hydrogens is 232 g/mol. The number of benzene rings is 1. The molecule has 0 radical (unpaired) electrons. The van der Waals surface area contributed by atoms with E-state index in [2.05, 4.69) is 24.8 Å². The van der Waals surface area contributed by atoms with Gasteiger partial charge in [-0.15, -0.1) is 11.6 Å². The summed E-state index contributed by atoms with van der Waals surface area (Å²) in [6.07, 6.45) is 5.38. The van der Waals surface area contributed by atoms with Gasteiger partial charge in [0, 0.05) is 5.56 Å². The van der Waals surface area contributed by atoms with Gasteiger partial charge in [0.25, 0.3) is 0 Å². The van der Waals surface area contributed by atoms with Crippen molar-refractivity contribution in [2.45, 2.75) is 38.7 Å². The highest BCUT2D eigenvalue weighted by molar-refractivity contribution is 6.19. The molecule has 0 unspecified atom stereocenters. The van der Waals surface area contributed by atoms with E-state index in [4.69, 9.17) is 16.3 Å². The standard InChI is InChI=1S/C15H17ClO/c1-12-11-15(17-14-6-2-3-7-14)9-8-13(12)5-4-10-16/h8-9,11,14H,2-3,6-7,10H2,1H3. The Morgan fingerprint density at radius 3 is 2.76 bits per heavy atom. The molecule has 0 bridgehead atoms. The Labute approximate surface area is 108 Å². The molecule has 90 valence electrons. The van der Waals surface area contributed by atoms with Gasteiger partial charge in [-0.2, -0.15) is 0 Å². The summed E-state index contributed by atoms with van der Waals surface area (Å²) in [6.45, 7) is 2.06. The van der Waals surface area contributed by atoms with E-state index in [1.165, 1.54) is 25.7 Å². The Morgan fingerprint density at radius 1 is 1.35 bits per heavy atom. The number of alkyl halides is 1. The lowest BCUT2D eigenvalue weighted by Crippen LogP contribution is -2.10. The molecule has 1 nitrogen and oxygen atoms in total. The van der Waals surface area contributed by atoms with Gasteiger partial charge in [-0.1, -0.05) is 11.8 Å². The molecule has 0 atom stereocenters. The van der Waals surface area contributed by atoms with Crippen molar-refractivity contribution >= 4 is 11.6 Å². The van der Waals surface area contributed by atoms with E-state index in [-0.39, 0.29) is 0 Å². The third-order valence-corrected chi connectivity index (χ3v) is 3.23. The summed E-state index contributed by atoms with van der Waals surface area (Å²) in [7, 11) is 0. The minimum absolute atomic E-state index is 0.375. The normalized spacial score (nSPS) is 15.4. The molecule has 1 aliphatic carbocycles. The van der Waals surface area contributed by atoms with Crippen molar-refractivity contribution in [3.8, 4) is 17.6 Å². The Hall–Kier alpha value is -1.13. The Bertz CT molecular complexity index is 436. The molecule has 0 aliphatic heterocycles. The lowest BCUT2D eigenvalue weighted by Gasteiger charge is -2.13. The molecule has 0 saturated heterocycles. The molecular formula is C15H17ClO. The van der Waals surface area contributed by atoms with Crippen LogP contribution in [0, 0.1) is 18.8 Å². The van der Waals surface area contributed by atoms with Crippen LogP contribution in [0.2, 0.25) is 0 Å². The van der Waals surface area contributed by atoms with Crippen molar-refractivity contribution in [2.24, 2.45) is 0 Å². The van der Waals surface area contributed by atoms with Gasteiger partial charge in [0.2, 0.25) is 0 Å². The number of ether oxygens (including phenoxy) is 1. The zero-order valence-corrected chi connectivity index (χ0v) is 10.9. The minimum atomic E-state index is 0.375. The van der Waals surface area contributed by atoms with Gasteiger partial charge in [-0.25, -0.2) is 0 Å². The first-order valence-electron chi connectivity index (χ1n) is 6.12. The van der Waals surface area contributed by atoms with E-state index in [0.29, 0.717) is 12.0 Å². The highest BCUT2D eigenvalue weighted by Gasteiger charge is 2.16. The Balaban J connectivity index is 2.07. The van der Waals surface area contributed by atoms with Crippen LogP contribution in [0.4, 0.5) is 0 Å². The molecule has 0 N–H and O–H groups in total. The van der Waals surface area contributed by atoms with Gasteiger partial charge < -0.3 is 4.74 Å². The molecule has 0 spiro atoms. The summed E-state index contributed by atoms with van der Waals surface area (Å²) in [5, 5.41) is 0. The lowest BCUT2D eigenvalue weighted by molar-refractivity contribution is 0.210. The monoisotopic (exact) mass is 248 g/mol. The maximum absolute atomic E-state index is 5.94. The third kappa shape index (κ3) is 3.41. The SMILES string of the molecule is Cc1cc(OC2CCCC2)ccc1C#CCCl. The molecule has 1 saturated carbocycles. The van der Waals surface area contributed by atoms with Crippen molar-refractivity contribution in [3.63, 3.8) is 0 Å². The van der Waals surface area contributed by atoms with E-state index < -0.39 is 0 Å². The number of hydrogen-bond donors (Lipinski definition) is 0. The maximum atomic E-state index is 5.94. The van der Waals surface area contributed by atoms with E-state index in [9.17, 15) is 0 Å².